The number of nitrogens with two attached hydrogens (primary N) is 1. The number of anilines is 1. The molecule has 154 valence electrons. The summed E-state index contributed by atoms with van der Waals surface area (Å²) in [6.07, 6.45) is 2.68. The maximum atomic E-state index is 12.7. The zero-order chi connectivity index (χ0) is 21.3. The smallest absolute Gasteiger partial charge is 0.261 e. The lowest BCUT2D eigenvalue weighted by Crippen LogP contribution is -2.34. The van der Waals surface area contributed by atoms with Gasteiger partial charge in [0, 0.05) is 9.90 Å². The maximum absolute atomic E-state index is 12.7. The lowest BCUT2D eigenvalue weighted by atomic mass is 9.88. The van der Waals surface area contributed by atoms with Crippen LogP contribution in [-0.2, 0) is 12.8 Å². The van der Waals surface area contributed by atoms with Gasteiger partial charge in [0.05, 0.1) is 23.3 Å². The Balaban J connectivity index is 1.82. The summed E-state index contributed by atoms with van der Waals surface area (Å²) < 4.78 is 5.19. The quantitative estimate of drug-likeness (QED) is 0.573. The van der Waals surface area contributed by atoms with E-state index in [2.05, 4.69) is 17.6 Å². The van der Waals surface area contributed by atoms with Crippen LogP contribution in [-0.4, -0.2) is 24.0 Å². The van der Waals surface area contributed by atoms with Gasteiger partial charge in [-0.3, -0.25) is 14.9 Å². The Morgan fingerprint density at radius 3 is 2.72 bits per heavy atom. The zero-order valence-electron chi connectivity index (χ0n) is 15.7. The van der Waals surface area contributed by atoms with Crippen LogP contribution in [0, 0.1) is 5.92 Å². The van der Waals surface area contributed by atoms with Crippen molar-refractivity contribution in [3.8, 4) is 5.75 Å². The lowest BCUT2D eigenvalue weighted by Gasteiger charge is -2.18. The molecule has 10 heteroatoms. The van der Waals surface area contributed by atoms with Crippen molar-refractivity contribution >= 4 is 68.7 Å². The number of benzene rings is 1. The number of thiophene rings is 1. The predicted molar refractivity (Wildman–Crippen MR) is 121 cm³/mol. The summed E-state index contributed by atoms with van der Waals surface area (Å²) in [4.78, 5) is 25.8. The number of halogens is 2. The molecule has 2 aromatic rings. The number of methoxy groups -OCH3 is 1. The van der Waals surface area contributed by atoms with Crippen LogP contribution in [0.1, 0.15) is 44.5 Å². The van der Waals surface area contributed by atoms with Crippen LogP contribution in [0.4, 0.5) is 5.00 Å². The second kappa shape index (κ2) is 8.87. The van der Waals surface area contributed by atoms with E-state index in [4.69, 9.17) is 45.9 Å². The van der Waals surface area contributed by atoms with E-state index in [0.29, 0.717) is 16.5 Å². The van der Waals surface area contributed by atoms with Gasteiger partial charge in [-0.1, -0.05) is 30.1 Å². The largest absolute Gasteiger partial charge is 0.494 e. The van der Waals surface area contributed by atoms with Crippen LogP contribution in [0.25, 0.3) is 0 Å². The molecule has 0 radical (unpaired) electrons. The first kappa shape index (κ1) is 21.8. The topological polar surface area (TPSA) is 93.4 Å². The average molecular weight is 472 g/mol. The third-order valence-electron chi connectivity index (χ3n) is 4.67. The van der Waals surface area contributed by atoms with Crippen molar-refractivity contribution in [2.45, 2.75) is 26.2 Å². The number of carbonyl (C=O) groups is 2. The summed E-state index contributed by atoms with van der Waals surface area (Å²) in [6, 6.07) is 2.91. The van der Waals surface area contributed by atoms with Crippen LogP contribution >= 0.6 is 46.8 Å². The molecule has 1 aliphatic carbocycles. The molecular weight excluding hydrogens is 453 g/mol. The molecule has 1 aromatic carbocycles. The van der Waals surface area contributed by atoms with Gasteiger partial charge in [-0.15, -0.1) is 11.3 Å². The molecule has 6 nitrogen and oxygen atoms in total. The molecular formula is C19H19Cl2N3O3S2. The number of nitrogens with one attached hydrogen (secondary N) is 2. The number of fused-ring (bicyclic) bond motifs is 1. The van der Waals surface area contributed by atoms with Crippen LogP contribution < -0.4 is 21.1 Å². The summed E-state index contributed by atoms with van der Waals surface area (Å²) in [7, 11) is 1.40. The number of rotatable bonds is 4. The van der Waals surface area contributed by atoms with Gasteiger partial charge in [-0.25, -0.2) is 0 Å². The van der Waals surface area contributed by atoms with Gasteiger partial charge in [0.25, 0.3) is 11.8 Å². The van der Waals surface area contributed by atoms with Crippen LogP contribution in [0.15, 0.2) is 12.1 Å². The van der Waals surface area contributed by atoms with Crippen molar-refractivity contribution in [3.63, 3.8) is 0 Å². The normalized spacial score (nSPS) is 15.4. The number of hydrogen-bond acceptors (Lipinski definition) is 5. The van der Waals surface area contributed by atoms with E-state index >= 15 is 0 Å². The molecule has 0 unspecified atom stereocenters. The molecule has 0 spiro atoms. The number of primary amides is 1. The van der Waals surface area contributed by atoms with E-state index in [1.165, 1.54) is 30.6 Å². The van der Waals surface area contributed by atoms with E-state index in [0.717, 1.165) is 29.7 Å². The fourth-order valence-corrected chi connectivity index (χ4v) is 5.59. The fraction of sp³-hybridized carbons (Fsp3) is 0.316. The molecule has 0 saturated carbocycles. The maximum Gasteiger partial charge on any atom is 0.261 e. The summed E-state index contributed by atoms with van der Waals surface area (Å²) in [5, 5.41) is 6.58. The van der Waals surface area contributed by atoms with Gasteiger partial charge in [0.1, 0.15) is 10.8 Å². The second-order valence-corrected chi connectivity index (χ2v) is 9.15. The predicted octanol–water partition coefficient (Wildman–Crippen LogP) is 4.41. The Labute approximate surface area is 187 Å². The third kappa shape index (κ3) is 4.66. The Kier molecular flexibility index (Phi) is 6.68. The van der Waals surface area contributed by atoms with Crippen LogP contribution in [0.5, 0.6) is 5.75 Å². The average Bonchev–Trinajstić information content (AvgIpc) is 2.97. The summed E-state index contributed by atoms with van der Waals surface area (Å²) in [6.45, 7) is 2.17. The van der Waals surface area contributed by atoms with E-state index in [9.17, 15) is 9.59 Å². The number of carbonyl (C=O) groups excluding carboxylic acids is 2. The van der Waals surface area contributed by atoms with Crippen molar-refractivity contribution in [1.82, 2.24) is 5.32 Å². The monoisotopic (exact) mass is 471 g/mol. The first-order valence-electron chi connectivity index (χ1n) is 8.81. The number of amides is 2. The molecule has 1 heterocycles. The Bertz CT molecular complexity index is 1010. The molecule has 1 atom stereocenters. The second-order valence-electron chi connectivity index (χ2n) is 6.80. The van der Waals surface area contributed by atoms with Crippen LogP contribution in [0.3, 0.4) is 0 Å². The Morgan fingerprint density at radius 1 is 1.34 bits per heavy atom. The molecule has 0 saturated heterocycles. The highest BCUT2D eigenvalue weighted by Crippen LogP contribution is 2.39. The highest BCUT2D eigenvalue weighted by molar-refractivity contribution is 7.80. The molecule has 0 bridgehead atoms. The minimum Gasteiger partial charge on any atom is -0.494 e. The van der Waals surface area contributed by atoms with Crippen molar-refractivity contribution in [2.75, 3.05) is 12.4 Å². The van der Waals surface area contributed by atoms with Crippen LogP contribution in [0.2, 0.25) is 10.0 Å². The first-order chi connectivity index (χ1) is 13.7. The number of ether oxygens (including phenoxy) is 1. The minimum atomic E-state index is -0.542. The highest BCUT2D eigenvalue weighted by Gasteiger charge is 2.27. The third-order valence-corrected chi connectivity index (χ3v) is 6.54. The molecule has 0 aliphatic heterocycles. The van der Waals surface area contributed by atoms with E-state index in [-0.39, 0.29) is 26.5 Å². The van der Waals surface area contributed by atoms with Crippen molar-refractivity contribution < 1.29 is 14.3 Å². The Hall–Kier alpha value is -1.87. The summed E-state index contributed by atoms with van der Waals surface area (Å²) >= 11 is 18.8. The lowest BCUT2D eigenvalue weighted by molar-refractivity contribution is 0.0972. The standard InChI is InChI=1S/C19H19Cl2N3O3S2/c1-8-3-4-10-13(5-8)29-18(14(10)16(22)25)24-19(28)23-17(26)11-6-9(20)7-12(21)15(11)27-2/h6-8H,3-5H2,1-2H3,(H2,22,25)(H2,23,24,26,28)/t8-/m0/s1. The molecule has 1 aliphatic rings. The summed E-state index contributed by atoms with van der Waals surface area (Å²) in [5.74, 6) is -0.326. The number of thiocarbonyl (C=S) groups is 1. The number of hydrogen-bond donors (Lipinski definition) is 3. The molecule has 3 rings (SSSR count). The zero-order valence-corrected chi connectivity index (χ0v) is 18.9. The van der Waals surface area contributed by atoms with Gasteiger partial charge >= 0.3 is 0 Å². The molecule has 0 fully saturated rings. The summed E-state index contributed by atoms with van der Waals surface area (Å²) in [5.41, 5.74) is 7.16. The van der Waals surface area contributed by atoms with Gasteiger partial charge in [-0.05, 0) is 55.1 Å². The molecule has 1 aromatic heterocycles. The molecule has 2 amide bonds. The highest BCUT2D eigenvalue weighted by atomic mass is 35.5. The SMILES string of the molecule is COc1c(Cl)cc(Cl)cc1C(=O)NC(=S)Nc1sc2c(c1C(N)=O)CC[C@H](C)C2. The molecule has 4 N–H and O–H groups in total. The fourth-order valence-electron chi connectivity index (χ4n) is 3.34. The first-order valence-corrected chi connectivity index (χ1v) is 10.8. The van der Waals surface area contributed by atoms with Crippen molar-refractivity contribution in [1.29, 1.82) is 0 Å². The van der Waals surface area contributed by atoms with Gasteiger partial charge in [0.2, 0.25) is 0 Å². The molecule has 29 heavy (non-hydrogen) atoms. The van der Waals surface area contributed by atoms with Crippen molar-refractivity contribution in [3.05, 3.63) is 43.7 Å². The van der Waals surface area contributed by atoms with E-state index in [1.54, 1.807) is 0 Å². The van der Waals surface area contributed by atoms with Crippen molar-refractivity contribution in [2.24, 2.45) is 11.7 Å². The van der Waals surface area contributed by atoms with Gasteiger partial charge < -0.3 is 15.8 Å². The van der Waals surface area contributed by atoms with Gasteiger partial charge in [-0.2, -0.15) is 0 Å². The minimum absolute atomic E-state index is 0.0299. The van der Waals surface area contributed by atoms with E-state index in [1.807, 2.05) is 0 Å². The van der Waals surface area contributed by atoms with Gasteiger partial charge in [0.15, 0.2) is 5.11 Å². The Morgan fingerprint density at radius 2 is 2.07 bits per heavy atom. The van der Waals surface area contributed by atoms with E-state index < -0.39 is 11.8 Å².